The summed E-state index contributed by atoms with van der Waals surface area (Å²) in [5.74, 6) is 1.20. The van der Waals surface area contributed by atoms with E-state index in [9.17, 15) is 0 Å². The van der Waals surface area contributed by atoms with Crippen LogP contribution >= 0.6 is 0 Å². The molecule has 0 atom stereocenters. The minimum atomic E-state index is 0.466. The molecule has 0 fully saturated rings. The summed E-state index contributed by atoms with van der Waals surface area (Å²) in [4.78, 5) is 11.5. The van der Waals surface area contributed by atoms with Crippen molar-refractivity contribution >= 4 is 22.5 Å². The number of hydrogen-bond donors (Lipinski definition) is 3. The number of rotatable bonds is 3. The first-order valence-corrected chi connectivity index (χ1v) is 6.94. The third-order valence-electron chi connectivity index (χ3n) is 3.79. The number of aromatic amines is 1. The molecule has 108 valence electrons. The summed E-state index contributed by atoms with van der Waals surface area (Å²) in [6.45, 7) is 7.06. The van der Waals surface area contributed by atoms with E-state index in [2.05, 4.69) is 53.2 Å². The highest BCUT2D eigenvalue weighted by molar-refractivity contribution is 5.88. The molecule has 0 saturated carbocycles. The number of aromatic nitrogens is 3. The van der Waals surface area contributed by atoms with E-state index in [4.69, 9.17) is 5.73 Å². The SMILES string of the molecule is Cc1cc(CNc2cc(N)ncn2)c2[nH]c(C)c(C)c2c1. The largest absolute Gasteiger partial charge is 0.384 e. The van der Waals surface area contributed by atoms with Crippen LogP contribution in [-0.2, 0) is 6.54 Å². The second kappa shape index (κ2) is 5.09. The number of nitrogen functional groups attached to an aromatic ring is 1. The summed E-state index contributed by atoms with van der Waals surface area (Å²) in [5.41, 5.74) is 11.8. The number of benzene rings is 1. The molecule has 0 unspecified atom stereocenters. The quantitative estimate of drug-likeness (QED) is 0.689. The molecule has 2 aromatic heterocycles. The van der Waals surface area contributed by atoms with Gasteiger partial charge in [0.05, 0.1) is 5.52 Å². The predicted molar refractivity (Wildman–Crippen MR) is 86.3 cm³/mol. The van der Waals surface area contributed by atoms with Crippen LogP contribution in [-0.4, -0.2) is 15.0 Å². The molecule has 0 saturated heterocycles. The Morgan fingerprint density at radius 2 is 1.95 bits per heavy atom. The summed E-state index contributed by atoms with van der Waals surface area (Å²) in [7, 11) is 0. The standard InChI is InChI=1S/C16H19N5/c1-9-4-12(7-18-15-6-14(17)19-8-20-15)16-13(5-9)10(2)11(3)21-16/h4-6,8,21H,7H2,1-3H3,(H3,17,18,19,20). The van der Waals surface area contributed by atoms with Gasteiger partial charge in [0.15, 0.2) is 0 Å². The zero-order valence-corrected chi connectivity index (χ0v) is 12.5. The van der Waals surface area contributed by atoms with Crippen LogP contribution in [0.25, 0.3) is 10.9 Å². The summed E-state index contributed by atoms with van der Waals surface area (Å²) >= 11 is 0. The first-order valence-electron chi connectivity index (χ1n) is 6.94. The van der Waals surface area contributed by atoms with E-state index < -0.39 is 0 Å². The van der Waals surface area contributed by atoms with Crippen molar-refractivity contribution in [3.8, 4) is 0 Å². The van der Waals surface area contributed by atoms with Crippen LogP contribution in [0.2, 0.25) is 0 Å². The van der Waals surface area contributed by atoms with Crippen molar-refractivity contribution in [2.45, 2.75) is 27.3 Å². The van der Waals surface area contributed by atoms with Crippen LogP contribution in [0.5, 0.6) is 0 Å². The Labute approximate surface area is 123 Å². The number of H-pyrrole nitrogens is 1. The molecule has 0 aliphatic carbocycles. The van der Waals surface area contributed by atoms with Gasteiger partial charge >= 0.3 is 0 Å². The lowest BCUT2D eigenvalue weighted by Gasteiger charge is -2.08. The Balaban J connectivity index is 1.95. The molecule has 0 radical (unpaired) electrons. The van der Waals surface area contributed by atoms with Gasteiger partial charge in [0.1, 0.15) is 18.0 Å². The number of nitrogens with zero attached hydrogens (tertiary/aromatic N) is 2. The van der Waals surface area contributed by atoms with Crippen molar-refractivity contribution in [2.24, 2.45) is 0 Å². The van der Waals surface area contributed by atoms with Gasteiger partial charge < -0.3 is 16.0 Å². The minimum Gasteiger partial charge on any atom is -0.384 e. The lowest BCUT2D eigenvalue weighted by atomic mass is 10.0. The first kappa shape index (κ1) is 13.4. The monoisotopic (exact) mass is 281 g/mol. The van der Waals surface area contributed by atoms with Gasteiger partial charge in [0, 0.05) is 23.7 Å². The number of aryl methyl sites for hydroxylation is 3. The van der Waals surface area contributed by atoms with E-state index in [1.807, 2.05) is 0 Å². The van der Waals surface area contributed by atoms with Crippen LogP contribution < -0.4 is 11.1 Å². The maximum Gasteiger partial charge on any atom is 0.131 e. The molecule has 0 amide bonds. The molecule has 4 N–H and O–H groups in total. The summed E-state index contributed by atoms with van der Waals surface area (Å²) in [5, 5.41) is 4.58. The second-order valence-electron chi connectivity index (χ2n) is 5.40. The fraction of sp³-hybridized carbons (Fsp3) is 0.250. The lowest BCUT2D eigenvalue weighted by molar-refractivity contribution is 1.08. The van der Waals surface area contributed by atoms with Gasteiger partial charge in [-0.3, -0.25) is 0 Å². The highest BCUT2D eigenvalue weighted by Crippen LogP contribution is 2.26. The third kappa shape index (κ3) is 2.54. The van der Waals surface area contributed by atoms with Crippen molar-refractivity contribution in [2.75, 3.05) is 11.1 Å². The molecule has 0 bridgehead atoms. The van der Waals surface area contributed by atoms with Gasteiger partial charge in [-0.25, -0.2) is 9.97 Å². The number of fused-ring (bicyclic) bond motifs is 1. The van der Waals surface area contributed by atoms with Crippen molar-refractivity contribution < 1.29 is 0 Å². The van der Waals surface area contributed by atoms with E-state index in [-0.39, 0.29) is 0 Å². The zero-order chi connectivity index (χ0) is 15.0. The van der Waals surface area contributed by atoms with Crippen LogP contribution in [0.15, 0.2) is 24.5 Å². The molecule has 3 rings (SSSR count). The molecule has 0 aliphatic heterocycles. The summed E-state index contributed by atoms with van der Waals surface area (Å²) in [6, 6.07) is 6.15. The van der Waals surface area contributed by atoms with Gasteiger partial charge in [-0.2, -0.15) is 0 Å². The Morgan fingerprint density at radius 3 is 2.71 bits per heavy atom. The Morgan fingerprint density at radius 1 is 1.14 bits per heavy atom. The minimum absolute atomic E-state index is 0.466. The van der Waals surface area contributed by atoms with Crippen LogP contribution in [0.3, 0.4) is 0 Å². The normalized spacial score (nSPS) is 11.0. The average molecular weight is 281 g/mol. The number of nitrogens with one attached hydrogen (secondary N) is 2. The molecule has 0 spiro atoms. The number of hydrogen-bond acceptors (Lipinski definition) is 4. The molecule has 5 heteroatoms. The fourth-order valence-electron chi connectivity index (χ4n) is 2.58. The van der Waals surface area contributed by atoms with E-state index in [0.717, 1.165) is 5.82 Å². The van der Waals surface area contributed by atoms with E-state index in [0.29, 0.717) is 12.4 Å². The third-order valence-corrected chi connectivity index (χ3v) is 3.79. The van der Waals surface area contributed by atoms with Gasteiger partial charge in [-0.05, 0) is 38.0 Å². The van der Waals surface area contributed by atoms with Crippen LogP contribution in [0.4, 0.5) is 11.6 Å². The Hall–Kier alpha value is -2.56. The Kier molecular flexibility index (Phi) is 3.25. The second-order valence-corrected chi connectivity index (χ2v) is 5.40. The molecule has 1 aromatic carbocycles. The van der Waals surface area contributed by atoms with E-state index in [1.165, 1.54) is 39.6 Å². The fourth-order valence-corrected chi connectivity index (χ4v) is 2.58. The highest BCUT2D eigenvalue weighted by atomic mass is 15.0. The van der Waals surface area contributed by atoms with Gasteiger partial charge in [-0.15, -0.1) is 0 Å². The zero-order valence-electron chi connectivity index (χ0n) is 12.5. The highest BCUT2D eigenvalue weighted by Gasteiger charge is 2.09. The predicted octanol–water partition coefficient (Wildman–Crippen LogP) is 3.08. The number of anilines is 2. The van der Waals surface area contributed by atoms with E-state index in [1.54, 1.807) is 6.07 Å². The lowest BCUT2D eigenvalue weighted by Crippen LogP contribution is -2.03. The molecule has 3 aromatic rings. The van der Waals surface area contributed by atoms with Crippen molar-refractivity contribution in [1.29, 1.82) is 0 Å². The van der Waals surface area contributed by atoms with Gasteiger partial charge in [-0.1, -0.05) is 11.6 Å². The summed E-state index contributed by atoms with van der Waals surface area (Å²) in [6.07, 6.45) is 1.46. The Bertz CT molecular complexity index is 804. The average Bonchev–Trinajstić information content (AvgIpc) is 2.73. The van der Waals surface area contributed by atoms with Crippen LogP contribution in [0.1, 0.15) is 22.4 Å². The van der Waals surface area contributed by atoms with Crippen molar-refractivity contribution in [1.82, 2.24) is 15.0 Å². The summed E-state index contributed by atoms with van der Waals surface area (Å²) < 4.78 is 0. The van der Waals surface area contributed by atoms with Crippen molar-refractivity contribution in [3.63, 3.8) is 0 Å². The molecule has 21 heavy (non-hydrogen) atoms. The maximum atomic E-state index is 5.67. The first-order chi connectivity index (χ1) is 10.0. The van der Waals surface area contributed by atoms with Crippen LogP contribution in [0, 0.1) is 20.8 Å². The number of nitrogens with two attached hydrogens (primary N) is 1. The topological polar surface area (TPSA) is 79.6 Å². The smallest absolute Gasteiger partial charge is 0.131 e. The molecular formula is C16H19N5. The van der Waals surface area contributed by atoms with Crippen molar-refractivity contribution in [3.05, 3.63) is 46.9 Å². The van der Waals surface area contributed by atoms with Gasteiger partial charge in [0.25, 0.3) is 0 Å². The van der Waals surface area contributed by atoms with Gasteiger partial charge in [0.2, 0.25) is 0 Å². The molecular weight excluding hydrogens is 262 g/mol. The molecule has 2 heterocycles. The molecule has 0 aliphatic rings. The molecule has 5 nitrogen and oxygen atoms in total. The van der Waals surface area contributed by atoms with E-state index >= 15 is 0 Å². The maximum absolute atomic E-state index is 5.67.